The van der Waals surface area contributed by atoms with Crippen LogP contribution in [0, 0.1) is 13.8 Å². The maximum absolute atomic E-state index is 12.8. The molecule has 0 saturated heterocycles. The Labute approximate surface area is 194 Å². The molecule has 0 aliphatic heterocycles. The van der Waals surface area contributed by atoms with Crippen molar-refractivity contribution in [2.24, 2.45) is 0 Å². The highest BCUT2D eigenvalue weighted by molar-refractivity contribution is 8.01. The number of halogens is 4. The molecule has 2 N–H and O–H groups in total. The molecule has 1 aromatic heterocycles. The zero-order valence-electron chi connectivity index (χ0n) is 16.7. The molecule has 0 radical (unpaired) electrons. The van der Waals surface area contributed by atoms with E-state index in [1.54, 1.807) is 12.1 Å². The van der Waals surface area contributed by atoms with Crippen LogP contribution in [-0.4, -0.2) is 27.8 Å². The lowest BCUT2D eigenvalue weighted by Gasteiger charge is -2.11. The number of carbonyl (C=O) groups excluding carboxylic acids is 2. The lowest BCUT2D eigenvalue weighted by Crippen LogP contribution is -2.15. The van der Waals surface area contributed by atoms with Crippen molar-refractivity contribution < 1.29 is 22.8 Å². The van der Waals surface area contributed by atoms with Crippen LogP contribution in [0.3, 0.4) is 0 Å². The van der Waals surface area contributed by atoms with Crippen molar-refractivity contribution in [1.29, 1.82) is 0 Å². The quantitative estimate of drug-likeness (QED) is 0.329. The Morgan fingerprint density at radius 3 is 2.41 bits per heavy atom. The van der Waals surface area contributed by atoms with E-state index in [-0.39, 0.29) is 27.5 Å². The number of carbonyl (C=O) groups is 2. The number of thioether (sulfide) groups is 1. The summed E-state index contributed by atoms with van der Waals surface area (Å²) in [6, 6.07) is 8.14. The van der Waals surface area contributed by atoms with Crippen molar-refractivity contribution >= 4 is 57.3 Å². The minimum absolute atomic E-state index is 0.0105. The van der Waals surface area contributed by atoms with Gasteiger partial charge in [0.05, 0.1) is 22.0 Å². The summed E-state index contributed by atoms with van der Waals surface area (Å²) in [5.41, 5.74) is 1.35. The van der Waals surface area contributed by atoms with Gasteiger partial charge in [0, 0.05) is 5.56 Å². The van der Waals surface area contributed by atoms with Crippen molar-refractivity contribution in [2.45, 2.75) is 24.4 Å². The molecular formula is C20H16ClF3N4O2S2. The van der Waals surface area contributed by atoms with Gasteiger partial charge in [-0.05, 0) is 44.2 Å². The van der Waals surface area contributed by atoms with Crippen molar-refractivity contribution in [3.05, 3.63) is 63.7 Å². The van der Waals surface area contributed by atoms with E-state index in [9.17, 15) is 22.8 Å². The van der Waals surface area contributed by atoms with E-state index in [2.05, 4.69) is 20.8 Å². The second-order valence-corrected chi connectivity index (χ2v) is 9.34. The molecule has 2 aromatic carbocycles. The second kappa shape index (κ2) is 9.88. The molecule has 168 valence electrons. The first-order chi connectivity index (χ1) is 15.0. The minimum Gasteiger partial charge on any atom is -0.324 e. The Hall–Kier alpha value is -2.63. The highest BCUT2D eigenvalue weighted by atomic mass is 35.5. The van der Waals surface area contributed by atoms with Gasteiger partial charge in [-0.25, -0.2) is 0 Å². The summed E-state index contributed by atoms with van der Waals surface area (Å²) in [6.45, 7) is 3.78. The number of anilines is 2. The predicted octanol–water partition coefficient (Wildman–Crippen LogP) is 5.81. The Balaban J connectivity index is 1.57. The number of rotatable bonds is 6. The summed E-state index contributed by atoms with van der Waals surface area (Å²) in [6.07, 6.45) is -4.55. The van der Waals surface area contributed by atoms with Crippen molar-refractivity contribution in [1.82, 2.24) is 10.2 Å². The van der Waals surface area contributed by atoms with Crippen LogP contribution in [0.1, 0.15) is 27.0 Å². The molecule has 0 spiro atoms. The average Bonchev–Trinajstić information content (AvgIpc) is 3.14. The number of aryl methyl sites for hydroxylation is 2. The van der Waals surface area contributed by atoms with Crippen LogP contribution in [0.5, 0.6) is 0 Å². The number of hydrogen-bond donors (Lipinski definition) is 2. The van der Waals surface area contributed by atoms with Gasteiger partial charge in [-0.3, -0.25) is 14.9 Å². The van der Waals surface area contributed by atoms with Gasteiger partial charge in [-0.15, -0.1) is 10.2 Å². The number of alkyl halides is 3. The maximum Gasteiger partial charge on any atom is 0.416 e. The van der Waals surface area contributed by atoms with Gasteiger partial charge >= 0.3 is 6.18 Å². The lowest BCUT2D eigenvalue weighted by molar-refractivity contribution is -0.137. The van der Waals surface area contributed by atoms with Crippen LogP contribution >= 0.6 is 34.7 Å². The molecule has 1 heterocycles. The van der Waals surface area contributed by atoms with E-state index in [0.717, 1.165) is 52.4 Å². The minimum atomic E-state index is -4.55. The molecule has 0 atom stereocenters. The van der Waals surface area contributed by atoms with E-state index < -0.39 is 17.6 Å². The number of hydrogen-bond acceptors (Lipinski definition) is 6. The SMILES string of the molecule is Cc1cc(C)cc(C(=O)Nc2nnc(SCC(=O)Nc3cc(C(F)(F)F)ccc3Cl)s2)c1. The fourth-order valence-electron chi connectivity index (χ4n) is 2.70. The number of benzene rings is 2. The third-order valence-corrected chi connectivity index (χ3v) is 6.31. The molecule has 0 unspecified atom stereocenters. The number of nitrogens with zero attached hydrogens (tertiary/aromatic N) is 2. The fourth-order valence-corrected chi connectivity index (χ4v) is 4.42. The van der Waals surface area contributed by atoms with Gasteiger partial charge in [0.25, 0.3) is 5.91 Å². The van der Waals surface area contributed by atoms with Gasteiger partial charge in [0.15, 0.2) is 4.34 Å². The number of amides is 2. The molecule has 12 heteroatoms. The van der Waals surface area contributed by atoms with Gasteiger partial charge in [-0.2, -0.15) is 13.2 Å². The van der Waals surface area contributed by atoms with Crippen LogP contribution in [0.15, 0.2) is 40.7 Å². The van der Waals surface area contributed by atoms with E-state index in [4.69, 9.17) is 11.6 Å². The highest BCUT2D eigenvalue weighted by Gasteiger charge is 2.31. The molecule has 0 aliphatic carbocycles. The van der Waals surface area contributed by atoms with Gasteiger partial charge in [0.1, 0.15) is 0 Å². The molecule has 0 saturated carbocycles. The van der Waals surface area contributed by atoms with Gasteiger partial charge in [-0.1, -0.05) is 51.9 Å². The Morgan fingerprint density at radius 1 is 1.06 bits per heavy atom. The first-order valence-electron chi connectivity index (χ1n) is 9.04. The molecule has 6 nitrogen and oxygen atoms in total. The van der Waals surface area contributed by atoms with E-state index in [0.29, 0.717) is 9.90 Å². The van der Waals surface area contributed by atoms with Crippen LogP contribution in [0.2, 0.25) is 5.02 Å². The Bertz CT molecular complexity index is 1150. The second-order valence-electron chi connectivity index (χ2n) is 6.73. The fraction of sp³-hybridized carbons (Fsp3) is 0.200. The summed E-state index contributed by atoms with van der Waals surface area (Å²) < 4.78 is 38.9. The summed E-state index contributed by atoms with van der Waals surface area (Å²) >= 11 is 7.98. The molecule has 0 bridgehead atoms. The summed E-state index contributed by atoms with van der Waals surface area (Å²) in [4.78, 5) is 24.5. The molecule has 3 rings (SSSR count). The summed E-state index contributed by atoms with van der Waals surface area (Å²) in [7, 11) is 0. The first-order valence-corrected chi connectivity index (χ1v) is 11.2. The van der Waals surface area contributed by atoms with E-state index in [1.165, 1.54) is 0 Å². The summed E-state index contributed by atoms with van der Waals surface area (Å²) in [5, 5.41) is 13.0. The van der Waals surface area contributed by atoms with E-state index >= 15 is 0 Å². The molecule has 0 fully saturated rings. The third kappa shape index (κ3) is 6.44. The van der Waals surface area contributed by atoms with Crippen LogP contribution < -0.4 is 10.6 Å². The molecule has 3 aromatic rings. The zero-order chi connectivity index (χ0) is 23.5. The molecule has 32 heavy (non-hydrogen) atoms. The maximum atomic E-state index is 12.8. The van der Waals surface area contributed by atoms with Crippen LogP contribution in [0.25, 0.3) is 0 Å². The van der Waals surface area contributed by atoms with Crippen LogP contribution in [-0.2, 0) is 11.0 Å². The first kappa shape index (κ1) is 24.0. The zero-order valence-corrected chi connectivity index (χ0v) is 19.1. The Kier molecular flexibility index (Phi) is 7.42. The highest BCUT2D eigenvalue weighted by Crippen LogP contribution is 2.34. The topological polar surface area (TPSA) is 84.0 Å². The molecule has 2 amide bonds. The molecular weight excluding hydrogens is 485 g/mol. The normalized spacial score (nSPS) is 11.3. The largest absolute Gasteiger partial charge is 0.416 e. The Morgan fingerprint density at radius 2 is 1.75 bits per heavy atom. The summed E-state index contributed by atoms with van der Waals surface area (Å²) in [5.74, 6) is -1.03. The predicted molar refractivity (Wildman–Crippen MR) is 120 cm³/mol. The smallest absolute Gasteiger partial charge is 0.324 e. The van der Waals surface area contributed by atoms with Crippen molar-refractivity contribution in [2.75, 3.05) is 16.4 Å². The average molecular weight is 501 g/mol. The van der Waals surface area contributed by atoms with E-state index in [1.807, 2.05) is 19.9 Å². The van der Waals surface area contributed by atoms with Crippen molar-refractivity contribution in [3.63, 3.8) is 0 Å². The number of aromatic nitrogens is 2. The third-order valence-electron chi connectivity index (χ3n) is 4.01. The lowest BCUT2D eigenvalue weighted by atomic mass is 10.1. The van der Waals surface area contributed by atoms with Gasteiger partial charge in [0.2, 0.25) is 11.0 Å². The number of nitrogens with one attached hydrogen (secondary N) is 2. The standard InChI is InChI=1S/C20H16ClF3N4O2S2/c1-10-5-11(2)7-12(6-10)17(30)26-18-27-28-19(32-18)31-9-16(29)25-15-8-13(20(22,23)24)3-4-14(15)21/h3-8H,9H2,1-2H3,(H,25,29)(H,26,27,30). The van der Waals surface area contributed by atoms with Gasteiger partial charge < -0.3 is 5.32 Å². The van der Waals surface area contributed by atoms with Crippen LogP contribution in [0.4, 0.5) is 24.0 Å². The molecule has 0 aliphatic rings. The van der Waals surface area contributed by atoms with Crippen molar-refractivity contribution in [3.8, 4) is 0 Å². The monoisotopic (exact) mass is 500 g/mol.